The maximum Gasteiger partial charge on any atom is 0.262 e. The number of aryl methyl sites for hydroxylation is 2. The minimum Gasteiger partial charge on any atom is -0.484 e. The van der Waals surface area contributed by atoms with Crippen LogP contribution in [0, 0.1) is 25.5 Å². The Morgan fingerprint density at radius 1 is 0.871 bits per heavy atom. The van der Waals surface area contributed by atoms with Crippen molar-refractivity contribution in [3.8, 4) is 5.75 Å². The minimum absolute atomic E-state index is 0.0318. The molecule has 2 N–H and O–H groups in total. The van der Waals surface area contributed by atoms with Gasteiger partial charge in [-0.15, -0.1) is 0 Å². The normalized spacial score (nSPS) is 11.1. The summed E-state index contributed by atoms with van der Waals surface area (Å²) in [5.74, 6) is -2.41. The maximum atomic E-state index is 13.2. The number of sulfonamides is 1. The highest BCUT2D eigenvalue weighted by molar-refractivity contribution is 7.92. The van der Waals surface area contributed by atoms with Crippen molar-refractivity contribution in [2.75, 3.05) is 16.6 Å². The van der Waals surface area contributed by atoms with E-state index in [1.54, 1.807) is 12.1 Å². The first kappa shape index (κ1) is 22.2. The van der Waals surface area contributed by atoms with E-state index < -0.39 is 34.2 Å². The number of nitrogens with one attached hydrogen (secondary N) is 2. The molecule has 0 bridgehead atoms. The summed E-state index contributed by atoms with van der Waals surface area (Å²) in [6.45, 7) is 3.43. The number of ether oxygens (including phenoxy) is 1. The van der Waals surface area contributed by atoms with Crippen molar-refractivity contribution < 1.29 is 26.7 Å². The molecule has 31 heavy (non-hydrogen) atoms. The zero-order valence-electron chi connectivity index (χ0n) is 16.8. The van der Waals surface area contributed by atoms with Crippen LogP contribution in [0.3, 0.4) is 0 Å². The minimum atomic E-state index is -3.79. The molecule has 0 aliphatic rings. The molecular weight excluding hydrogens is 426 g/mol. The molecule has 0 radical (unpaired) electrons. The summed E-state index contributed by atoms with van der Waals surface area (Å²) in [5, 5.41) is 2.38. The average molecular weight is 446 g/mol. The molecule has 0 saturated heterocycles. The van der Waals surface area contributed by atoms with Crippen LogP contribution in [-0.2, 0) is 14.8 Å². The van der Waals surface area contributed by atoms with Crippen molar-refractivity contribution in [3.05, 3.63) is 83.4 Å². The van der Waals surface area contributed by atoms with Crippen LogP contribution in [0.4, 0.5) is 20.2 Å². The van der Waals surface area contributed by atoms with Crippen LogP contribution in [0.5, 0.6) is 5.75 Å². The van der Waals surface area contributed by atoms with E-state index in [2.05, 4.69) is 10.0 Å². The number of benzene rings is 3. The second kappa shape index (κ2) is 9.13. The van der Waals surface area contributed by atoms with Crippen LogP contribution < -0.4 is 14.8 Å². The molecule has 0 atom stereocenters. The lowest BCUT2D eigenvalue weighted by molar-refractivity contribution is -0.118. The van der Waals surface area contributed by atoms with Gasteiger partial charge in [-0.1, -0.05) is 6.07 Å². The van der Waals surface area contributed by atoms with E-state index in [0.717, 1.165) is 23.3 Å². The molecule has 1 amide bonds. The second-order valence-corrected chi connectivity index (χ2v) is 8.52. The monoisotopic (exact) mass is 446 g/mol. The van der Waals surface area contributed by atoms with Crippen LogP contribution in [0.25, 0.3) is 0 Å². The van der Waals surface area contributed by atoms with E-state index in [1.807, 2.05) is 19.9 Å². The number of amides is 1. The quantitative estimate of drug-likeness (QED) is 0.564. The molecule has 162 valence electrons. The molecule has 3 aromatic rings. The number of hydrogen-bond acceptors (Lipinski definition) is 4. The Bertz CT molecular complexity index is 1210. The molecule has 9 heteroatoms. The lowest BCUT2D eigenvalue weighted by Crippen LogP contribution is -2.20. The molecule has 3 aromatic carbocycles. The molecule has 0 saturated carbocycles. The summed E-state index contributed by atoms with van der Waals surface area (Å²) in [7, 11) is -3.79. The maximum absolute atomic E-state index is 13.2. The van der Waals surface area contributed by atoms with Gasteiger partial charge in [0.25, 0.3) is 15.9 Å². The second-order valence-electron chi connectivity index (χ2n) is 6.84. The fraction of sp³-hybridized carbons (Fsp3) is 0.136. The van der Waals surface area contributed by atoms with E-state index in [-0.39, 0.29) is 16.3 Å². The number of carbonyl (C=O) groups excluding carboxylic acids is 1. The Balaban J connectivity index is 1.59. The van der Waals surface area contributed by atoms with E-state index in [9.17, 15) is 22.0 Å². The van der Waals surface area contributed by atoms with Gasteiger partial charge in [-0.25, -0.2) is 17.2 Å². The van der Waals surface area contributed by atoms with E-state index in [0.29, 0.717) is 5.69 Å². The summed E-state index contributed by atoms with van der Waals surface area (Å²) in [4.78, 5) is 11.9. The van der Waals surface area contributed by atoms with Crippen molar-refractivity contribution in [2.45, 2.75) is 18.7 Å². The van der Waals surface area contributed by atoms with Crippen molar-refractivity contribution in [3.63, 3.8) is 0 Å². The number of hydrogen-bond donors (Lipinski definition) is 2. The summed E-state index contributed by atoms with van der Waals surface area (Å²) in [6.07, 6.45) is 0. The zero-order chi connectivity index (χ0) is 22.6. The van der Waals surface area contributed by atoms with Gasteiger partial charge >= 0.3 is 0 Å². The Morgan fingerprint density at radius 3 is 2.19 bits per heavy atom. The molecule has 0 heterocycles. The third-order valence-electron chi connectivity index (χ3n) is 4.47. The number of anilines is 2. The molecule has 6 nitrogen and oxygen atoms in total. The van der Waals surface area contributed by atoms with Crippen LogP contribution >= 0.6 is 0 Å². The van der Waals surface area contributed by atoms with Gasteiger partial charge in [0, 0.05) is 17.4 Å². The largest absolute Gasteiger partial charge is 0.484 e. The third kappa shape index (κ3) is 5.79. The number of halogens is 2. The van der Waals surface area contributed by atoms with Crippen molar-refractivity contribution in [1.29, 1.82) is 0 Å². The van der Waals surface area contributed by atoms with Crippen LogP contribution in [-0.4, -0.2) is 20.9 Å². The van der Waals surface area contributed by atoms with Gasteiger partial charge in [-0.3, -0.25) is 9.52 Å². The van der Waals surface area contributed by atoms with Gasteiger partial charge in [0.15, 0.2) is 18.2 Å². The summed E-state index contributed by atoms with van der Waals surface area (Å²) >= 11 is 0. The number of rotatable bonds is 7. The molecular formula is C22H20F2N2O4S. The first-order valence-electron chi connectivity index (χ1n) is 9.22. The molecule has 0 aliphatic carbocycles. The SMILES string of the molecule is Cc1ccc(NS(=O)(=O)c2ccc(OCC(=O)Nc3ccc(F)c(F)c3)cc2)cc1C. The van der Waals surface area contributed by atoms with E-state index >= 15 is 0 Å². The average Bonchev–Trinajstić information content (AvgIpc) is 2.72. The predicted octanol–water partition coefficient (Wildman–Crippen LogP) is 4.40. The third-order valence-corrected chi connectivity index (χ3v) is 5.86. The van der Waals surface area contributed by atoms with Crippen LogP contribution in [0.2, 0.25) is 0 Å². The zero-order valence-corrected chi connectivity index (χ0v) is 17.6. The standard InChI is InChI=1S/C22H20F2N2O4S/c1-14-3-4-17(11-15(14)2)26-31(28,29)19-8-6-18(7-9-19)30-13-22(27)25-16-5-10-20(23)21(24)12-16/h3-12,26H,13H2,1-2H3,(H,25,27). The first-order chi connectivity index (χ1) is 14.6. The number of carbonyl (C=O) groups is 1. The van der Waals surface area contributed by atoms with Gasteiger partial charge in [0.1, 0.15) is 5.75 Å². The Morgan fingerprint density at radius 2 is 1.55 bits per heavy atom. The predicted molar refractivity (Wildman–Crippen MR) is 114 cm³/mol. The van der Waals surface area contributed by atoms with Crippen molar-refractivity contribution in [2.24, 2.45) is 0 Å². The van der Waals surface area contributed by atoms with E-state index in [1.165, 1.54) is 30.3 Å². The van der Waals surface area contributed by atoms with Crippen LogP contribution in [0.15, 0.2) is 65.6 Å². The van der Waals surface area contributed by atoms with Crippen LogP contribution in [0.1, 0.15) is 11.1 Å². The Hall–Kier alpha value is -3.46. The van der Waals surface area contributed by atoms with E-state index in [4.69, 9.17) is 4.74 Å². The Labute approximate surface area is 178 Å². The fourth-order valence-electron chi connectivity index (χ4n) is 2.65. The lowest BCUT2D eigenvalue weighted by atomic mass is 10.1. The molecule has 0 aliphatic heterocycles. The first-order valence-corrected chi connectivity index (χ1v) is 10.7. The van der Waals surface area contributed by atoms with Gasteiger partial charge in [0.2, 0.25) is 0 Å². The fourth-order valence-corrected chi connectivity index (χ4v) is 3.70. The molecule has 0 aromatic heterocycles. The highest BCUT2D eigenvalue weighted by Gasteiger charge is 2.15. The Kier molecular flexibility index (Phi) is 6.55. The van der Waals surface area contributed by atoms with Crippen molar-refractivity contribution in [1.82, 2.24) is 0 Å². The van der Waals surface area contributed by atoms with Gasteiger partial charge in [-0.2, -0.15) is 0 Å². The molecule has 0 fully saturated rings. The summed E-state index contributed by atoms with van der Waals surface area (Å²) < 4.78 is 59.0. The van der Waals surface area contributed by atoms with Gasteiger partial charge < -0.3 is 10.1 Å². The smallest absolute Gasteiger partial charge is 0.262 e. The summed E-state index contributed by atoms with van der Waals surface area (Å²) in [6, 6.07) is 13.8. The lowest BCUT2D eigenvalue weighted by Gasteiger charge is -2.11. The molecule has 0 spiro atoms. The highest BCUT2D eigenvalue weighted by atomic mass is 32.2. The van der Waals surface area contributed by atoms with Crippen molar-refractivity contribution >= 4 is 27.3 Å². The highest BCUT2D eigenvalue weighted by Crippen LogP contribution is 2.21. The van der Waals surface area contributed by atoms with Gasteiger partial charge in [-0.05, 0) is 73.5 Å². The topological polar surface area (TPSA) is 84.5 Å². The summed E-state index contributed by atoms with van der Waals surface area (Å²) in [5.41, 5.74) is 2.56. The molecule has 0 unspecified atom stereocenters. The molecule has 3 rings (SSSR count). The van der Waals surface area contributed by atoms with Gasteiger partial charge in [0.05, 0.1) is 4.90 Å².